The van der Waals surface area contributed by atoms with Crippen molar-refractivity contribution in [1.82, 2.24) is 0 Å². The molecule has 0 radical (unpaired) electrons. The zero-order chi connectivity index (χ0) is 70.4. The highest BCUT2D eigenvalue weighted by atomic mass is 31.2. The second kappa shape index (κ2) is 70.5. The lowest BCUT2D eigenvalue weighted by molar-refractivity contribution is -0.161. The summed E-state index contributed by atoms with van der Waals surface area (Å²) >= 11 is 0. The Bertz CT molecular complexity index is 2010. The molecule has 3 N–H and O–H groups in total. The standard InChI is InChI=1S/C77H142O17P2/c1-5-9-13-17-21-25-28-31-34-35-38-41-44-48-52-56-60-64-77(82)94-73(68-88-75(80)62-58-54-50-46-42-39-36-32-29-26-22-18-14-10-6-2)70-92-96(85,86)90-66-71(78)65-89-95(83,84)91-69-72(67-87-74(79)61-57-53-49-45-24-20-16-12-8-4)93-76(81)63-59-55-51-47-43-40-37-33-30-27-23-19-15-11-7-3/h26-27,29-30,32-33,36-37,71-73,78H,5-25,28,31,34-35,38-70H2,1-4H3,(H,83,84)(H,85,86)/b29-26-,30-27-,36-32-,37-33-/t71-,72+,73+/m0/s1. The number of carbonyl (C=O) groups excluding carboxylic acids is 4. The number of aliphatic hydroxyl groups is 1. The molecule has 562 valence electrons. The highest BCUT2D eigenvalue weighted by Gasteiger charge is 2.30. The maximum Gasteiger partial charge on any atom is 0.472 e. The molecule has 0 fully saturated rings. The summed E-state index contributed by atoms with van der Waals surface area (Å²) in [5.41, 5.74) is 0. The lowest BCUT2D eigenvalue weighted by Crippen LogP contribution is -2.30. The van der Waals surface area contributed by atoms with Gasteiger partial charge in [0.25, 0.3) is 0 Å². The number of hydrogen-bond acceptors (Lipinski definition) is 15. The smallest absolute Gasteiger partial charge is 0.462 e. The van der Waals surface area contributed by atoms with Crippen molar-refractivity contribution in [3.8, 4) is 0 Å². The van der Waals surface area contributed by atoms with Crippen molar-refractivity contribution in [3.05, 3.63) is 48.6 Å². The molecule has 0 heterocycles. The van der Waals surface area contributed by atoms with Gasteiger partial charge in [-0.1, -0.05) is 307 Å². The third kappa shape index (κ3) is 69.5. The van der Waals surface area contributed by atoms with Crippen LogP contribution < -0.4 is 0 Å². The monoisotopic (exact) mass is 1400 g/mol. The first-order chi connectivity index (χ1) is 46.7. The molecule has 0 saturated heterocycles. The summed E-state index contributed by atoms with van der Waals surface area (Å²) in [5, 5.41) is 10.6. The molecule has 0 aromatic carbocycles. The van der Waals surface area contributed by atoms with Crippen LogP contribution in [0.1, 0.15) is 362 Å². The summed E-state index contributed by atoms with van der Waals surface area (Å²) in [6.07, 6.45) is 66.7. The van der Waals surface area contributed by atoms with Gasteiger partial charge < -0.3 is 33.8 Å². The largest absolute Gasteiger partial charge is 0.472 e. The van der Waals surface area contributed by atoms with Gasteiger partial charge in [-0.15, -0.1) is 0 Å². The van der Waals surface area contributed by atoms with Crippen molar-refractivity contribution in [3.63, 3.8) is 0 Å². The summed E-state index contributed by atoms with van der Waals surface area (Å²) < 4.78 is 68.4. The Balaban J connectivity index is 5.30. The molecule has 0 bridgehead atoms. The number of esters is 4. The average molecular weight is 1400 g/mol. The molecular formula is C77H142O17P2. The lowest BCUT2D eigenvalue weighted by Gasteiger charge is -2.21. The minimum atomic E-state index is -4.97. The molecule has 0 rings (SSSR count). The van der Waals surface area contributed by atoms with E-state index in [4.69, 9.17) is 37.0 Å². The van der Waals surface area contributed by atoms with E-state index in [0.29, 0.717) is 25.7 Å². The van der Waals surface area contributed by atoms with Crippen LogP contribution in [0.25, 0.3) is 0 Å². The molecule has 17 nitrogen and oxygen atoms in total. The SMILES string of the molecule is CCCCCC/C=C\C=C/CCCCCCCC(=O)OC[C@H](COP(=O)(O)OC[C@@H](O)COP(=O)(O)OC[C@@H](COC(=O)CCCCCCCCCCC)OC(=O)CCCCCCC/C=C\C=C/CCCCCC)OC(=O)CCCCCCCCCCCCCCCCCCC. The molecule has 0 spiro atoms. The van der Waals surface area contributed by atoms with E-state index in [-0.39, 0.29) is 25.7 Å². The fourth-order valence-corrected chi connectivity index (χ4v) is 12.4. The predicted molar refractivity (Wildman–Crippen MR) is 390 cm³/mol. The maximum absolute atomic E-state index is 13.1. The van der Waals surface area contributed by atoms with E-state index in [0.717, 1.165) is 122 Å². The van der Waals surface area contributed by atoms with Crippen LogP contribution in [0.15, 0.2) is 48.6 Å². The average Bonchev–Trinajstić information content (AvgIpc) is 1.38. The predicted octanol–water partition coefficient (Wildman–Crippen LogP) is 22.1. The first-order valence-corrected chi connectivity index (χ1v) is 41.9. The van der Waals surface area contributed by atoms with E-state index in [1.54, 1.807) is 0 Å². The van der Waals surface area contributed by atoms with Crippen LogP contribution in [0.2, 0.25) is 0 Å². The third-order valence-corrected chi connectivity index (χ3v) is 18.8. The van der Waals surface area contributed by atoms with E-state index < -0.39 is 97.5 Å². The Hall–Kier alpha value is -2.98. The molecule has 5 atom stereocenters. The highest BCUT2D eigenvalue weighted by Crippen LogP contribution is 2.45. The number of unbranched alkanes of at least 4 members (excludes halogenated alkanes) is 42. The third-order valence-electron chi connectivity index (χ3n) is 16.9. The number of ether oxygens (including phenoxy) is 4. The second-order valence-electron chi connectivity index (χ2n) is 26.4. The molecule has 96 heavy (non-hydrogen) atoms. The number of phosphoric ester groups is 2. The van der Waals surface area contributed by atoms with Crippen LogP contribution in [0, 0.1) is 0 Å². The van der Waals surface area contributed by atoms with Crippen molar-refractivity contribution in [2.45, 2.75) is 380 Å². The molecule has 0 aliphatic heterocycles. The number of rotatable bonds is 74. The number of carbonyl (C=O) groups is 4. The van der Waals surface area contributed by atoms with Gasteiger partial charge in [0.05, 0.1) is 26.4 Å². The Morgan fingerprint density at radius 1 is 0.292 bits per heavy atom. The Labute approximate surface area is 585 Å². The van der Waals surface area contributed by atoms with E-state index in [1.165, 1.54) is 161 Å². The maximum atomic E-state index is 13.1. The highest BCUT2D eigenvalue weighted by molar-refractivity contribution is 7.47. The van der Waals surface area contributed by atoms with Crippen molar-refractivity contribution in [1.29, 1.82) is 0 Å². The molecule has 19 heteroatoms. The van der Waals surface area contributed by atoms with E-state index in [1.807, 2.05) is 0 Å². The fourth-order valence-electron chi connectivity index (χ4n) is 10.9. The van der Waals surface area contributed by atoms with Gasteiger partial charge in [-0.2, -0.15) is 0 Å². The van der Waals surface area contributed by atoms with E-state index >= 15 is 0 Å². The number of phosphoric acid groups is 2. The molecular weight excluding hydrogens is 1260 g/mol. The normalized spacial score (nSPS) is 14.2. The summed E-state index contributed by atoms with van der Waals surface area (Å²) in [4.78, 5) is 72.8. The second-order valence-corrected chi connectivity index (χ2v) is 29.3. The Morgan fingerprint density at radius 2 is 0.500 bits per heavy atom. The van der Waals surface area contributed by atoms with Gasteiger partial charge in [0.15, 0.2) is 12.2 Å². The van der Waals surface area contributed by atoms with Crippen molar-refractivity contribution >= 4 is 39.5 Å². The van der Waals surface area contributed by atoms with Gasteiger partial charge >= 0.3 is 39.5 Å². The van der Waals surface area contributed by atoms with Gasteiger partial charge in [0, 0.05) is 25.7 Å². The minimum Gasteiger partial charge on any atom is -0.462 e. The van der Waals surface area contributed by atoms with Gasteiger partial charge in [-0.25, -0.2) is 9.13 Å². The zero-order valence-electron chi connectivity index (χ0n) is 61.3. The van der Waals surface area contributed by atoms with Crippen LogP contribution in [0.3, 0.4) is 0 Å². The molecule has 0 aromatic heterocycles. The van der Waals surface area contributed by atoms with Crippen LogP contribution >= 0.6 is 15.6 Å². The lowest BCUT2D eigenvalue weighted by atomic mass is 10.0. The molecule has 0 amide bonds. The number of allylic oxidation sites excluding steroid dienone is 8. The van der Waals surface area contributed by atoms with E-state index in [9.17, 15) is 43.2 Å². The fraction of sp³-hybridized carbons (Fsp3) is 0.844. The zero-order valence-corrected chi connectivity index (χ0v) is 63.1. The summed E-state index contributed by atoms with van der Waals surface area (Å²) in [7, 11) is -9.93. The van der Waals surface area contributed by atoms with Gasteiger partial charge in [0.2, 0.25) is 0 Å². The molecule has 0 aromatic rings. The number of aliphatic hydroxyl groups excluding tert-OH is 1. The summed E-state index contributed by atoms with van der Waals surface area (Å²) in [6.45, 7) is 4.85. The van der Waals surface area contributed by atoms with Crippen LogP contribution in [0.4, 0.5) is 0 Å². The molecule has 0 aliphatic carbocycles. The molecule has 0 saturated carbocycles. The number of hydrogen-bond donors (Lipinski definition) is 3. The van der Waals surface area contributed by atoms with E-state index in [2.05, 4.69) is 76.3 Å². The summed E-state index contributed by atoms with van der Waals surface area (Å²) in [5.74, 6) is -2.17. The minimum absolute atomic E-state index is 0.0831. The molecule has 2 unspecified atom stereocenters. The molecule has 0 aliphatic rings. The quantitative estimate of drug-likeness (QED) is 0.0169. The van der Waals surface area contributed by atoms with Crippen LogP contribution in [-0.2, 0) is 65.4 Å². The van der Waals surface area contributed by atoms with Crippen molar-refractivity contribution in [2.24, 2.45) is 0 Å². The van der Waals surface area contributed by atoms with Crippen LogP contribution in [-0.4, -0.2) is 96.7 Å². The Morgan fingerprint density at radius 3 is 0.760 bits per heavy atom. The first-order valence-electron chi connectivity index (χ1n) is 38.9. The van der Waals surface area contributed by atoms with Gasteiger partial charge in [0.1, 0.15) is 19.3 Å². The van der Waals surface area contributed by atoms with Gasteiger partial charge in [-0.3, -0.25) is 37.3 Å². The van der Waals surface area contributed by atoms with Crippen molar-refractivity contribution < 1.29 is 80.2 Å². The van der Waals surface area contributed by atoms with Crippen LogP contribution in [0.5, 0.6) is 0 Å². The Kier molecular flexibility index (Phi) is 68.3. The first kappa shape index (κ1) is 93.0. The van der Waals surface area contributed by atoms with Gasteiger partial charge in [-0.05, 0) is 77.0 Å². The topological polar surface area (TPSA) is 237 Å². The van der Waals surface area contributed by atoms with Crippen molar-refractivity contribution in [2.75, 3.05) is 39.6 Å². The summed E-state index contributed by atoms with van der Waals surface area (Å²) in [6, 6.07) is 0.